The number of imide groups is 1. The highest BCUT2D eigenvalue weighted by atomic mass is 35.5. The third-order valence-electron chi connectivity index (χ3n) is 9.84. The fourth-order valence-corrected chi connectivity index (χ4v) is 8.34. The van der Waals surface area contributed by atoms with Gasteiger partial charge in [0.15, 0.2) is 0 Å². The number of methoxy groups -OCH3 is 2. The second kappa shape index (κ2) is 14.2. The van der Waals surface area contributed by atoms with E-state index in [2.05, 4.69) is 31.9 Å². The average molecular weight is 755 g/mol. The molecule has 52 heavy (non-hydrogen) atoms. The summed E-state index contributed by atoms with van der Waals surface area (Å²) in [4.78, 5) is 52.4. The molecular weight excluding hydrogens is 712 g/mol. The van der Waals surface area contributed by atoms with Crippen molar-refractivity contribution in [3.8, 4) is 17.5 Å². The smallest absolute Gasteiger partial charge is 0.254 e. The SMILES string of the molecule is C=C[C@@H]1C[C@@]1(C(=O)NS(=O)(=O)C1CC1)N1C[C@H](Oc2ncc(OC)c3ccc(Cl)cc23)C[C@H]1C(=O)NC(=O)[C@H](Nc1ccc(OC)nc1)C(C)(C)C. The maximum Gasteiger partial charge on any atom is 0.254 e. The zero-order valence-corrected chi connectivity index (χ0v) is 31.2. The molecule has 0 radical (unpaired) electrons. The summed E-state index contributed by atoms with van der Waals surface area (Å²) in [7, 11) is -0.884. The molecule has 3 fully saturated rings. The lowest BCUT2D eigenvalue weighted by atomic mass is 9.86. The zero-order chi connectivity index (χ0) is 37.6. The normalized spacial score (nSPS) is 23.7. The molecule has 0 unspecified atom stereocenters. The number of hydrogen-bond donors (Lipinski definition) is 3. The van der Waals surface area contributed by atoms with Crippen molar-refractivity contribution >= 4 is 55.8 Å². The van der Waals surface area contributed by atoms with Crippen molar-refractivity contribution in [3.05, 3.63) is 60.4 Å². The molecule has 14 nitrogen and oxygen atoms in total. The summed E-state index contributed by atoms with van der Waals surface area (Å²) in [5.74, 6) is -1.32. The van der Waals surface area contributed by atoms with Crippen LogP contribution in [0, 0.1) is 11.3 Å². The minimum atomic E-state index is -3.91. The van der Waals surface area contributed by atoms with Crippen LogP contribution in [0.2, 0.25) is 5.02 Å². The lowest BCUT2D eigenvalue weighted by Crippen LogP contribution is -2.59. The largest absolute Gasteiger partial charge is 0.494 e. The number of pyridine rings is 2. The van der Waals surface area contributed by atoms with Crippen LogP contribution in [0.3, 0.4) is 0 Å². The van der Waals surface area contributed by atoms with Crippen molar-refractivity contribution < 1.29 is 37.0 Å². The molecule has 0 spiro atoms. The van der Waals surface area contributed by atoms with E-state index in [1.807, 2.05) is 20.8 Å². The standard InChI is InChI=1S/C36H43ClN6O8S/c1-7-20-16-36(20,34(46)42-52(47,48)24-10-11-24)43-19-23(51-33-26-14-21(37)8-12-25(26)28(49-5)18-39-33)15-27(43)31(44)41-32(45)30(35(2,3)4)40-22-9-13-29(50-6)38-17-22/h7-9,12-14,17-18,20,23-24,27,30,40H,1,10-11,15-16,19H2,2-6H3,(H,42,46)(H,41,44,45)/t20-,23-,27+,30+,36-/m1/s1. The Bertz CT molecular complexity index is 2000. The number of amides is 3. The Kier molecular flexibility index (Phi) is 10.2. The Morgan fingerprint density at radius 3 is 2.42 bits per heavy atom. The number of nitrogens with zero attached hydrogens (tertiary/aromatic N) is 3. The van der Waals surface area contributed by atoms with Crippen LogP contribution in [0.4, 0.5) is 5.69 Å². The van der Waals surface area contributed by atoms with Gasteiger partial charge in [-0.3, -0.25) is 29.3 Å². The van der Waals surface area contributed by atoms with Gasteiger partial charge in [-0.05, 0) is 48.9 Å². The van der Waals surface area contributed by atoms with Gasteiger partial charge >= 0.3 is 0 Å². The second-order valence-electron chi connectivity index (χ2n) is 14.5. The minimum Gasteiger partial charge on any atom is -0.494 e. The molecule has 1 saturated heterocycles. The molecule has 2 aliphatic carbocycles. The topological polar surface area (TPSA) is 178 Å². The predicted octanol–water partition coefficient (Wildman–Crippen LogP) is 3.84. The highest BCUT2D eigenvalue weighted by Gasteiger charge is 2.67. The first-order valence-electron chi connectivity index (χ1n) is 17.0. The summed E-state index contributed by atoms with van der Waals surface area (Å²) < 4.78 is 45.2. The fourth-order valence-electron chi connectivity index (χ4n) is 6.81. The summed E-state index contributed by atoms with van der Waals surface area (Å²) >= 11 is 6.34. The van der Waals surface area contributed by atoms with Gasteiger partial charge in [-0.15, -0.1) is 6.58 Å². The van der Waals surface area contributed by atoms with Gasteiger partial charge in [0.2, 0.25) is 33.6 Å². The maximum atomic E-state index is 14.3. The van der Waals surface area contributed by atoms with Crippen LogP contribution >= 0.6 is 11.6 Å². The first-order valence-corrected chi connectivity index (χ1v) is 18.9. The van der Waals surface area contributed by atoms with Crippen LogP contribution in [-0.2, 0) is 24.4 Å². The van der Waals surface area contributed by atoms with Crippen molar-refractivity contribution in [1.29, 1.82) is 0 Å². The Morgan fingerprint density at radius 1 is 1.08 bits per heavy atom. The van der Waals surface area contributed by atoms with Gasteiger partial charge in [0, 0.05) is 40.7 Å². The molecule has 3 aliphatic rings. The van der Waals surface area contributed by atoms with Gasteiger partial charge in [-0.2, -0.15) is 0 Å². The Hall–Kier alpha value is -4.47. The third kappa shape index (κ3) is 7.39. The highest BCUT2D eigenvalue weighted by Crippen LogP contribution is 2.53. The van der Waals surface area contributed by atoms with E-state index < -0.39 is 68.1 Å². The number of anilines is 1. The molecule has 0 bridgehead atoms. The van der Waals surface area contributed by atoms with Gasteiger partial charge in [-0.25, -0.2) is 18.4 Å². The molecule has 3 amide bonds. The van der Waals surface area contributed by atoms with Crippen molar-refractivity contribution in [3.63, 3.8) is 0 Å². The molecule has 3 aromatic rings. The molecule has 6 rings (SSSR count). The number of carbonyl (C=O) groups excluding carboxylic acids is 3. The number of sulfonamides is 1. The van der Waals surface area contributed by atoms with Gasteiger partial charge in [0.25, 0.3) is 5.91 Å². The van der Waals surface area contributed by atoms with E-state index in [4.69, 9.17) is 25.8 Å². The molecule has 2 saturated carbocycles. The highest BCUT2D eigenvalue weighted by molar-refractivity contribution is 7.91. The van der Waals surface area contributed by atoms with Gasteiger partial charge in [0.1, 0.15) is 23.4 Å². The number of hydrogen-bond acceptors (Lipinski definition) is 12. The number of nitrogens with one attached hydrogen (secondary N) is 3. The summed E-state index contributed by atoms with van der Waals surface area (Å²) in [5, 5.41) is 6.84. The summed E-state index contributed by atoms with van der Waals surface area (Å²) in [6, 6.07) is 6.62. The first-order chi connectivity index (χ1) is 24.6. The molecule has 16 heteroatoms. The summed E-state index contributed by atoms with van der Waals surface area (Å²) in [6.07, 6.45) is 5.14. The molecular formula is C36H43ClN6O8S. The zero-order valence-electron chi connectivity index (χ0n) is 29.6. The average Bonchev–Trinajstić information content (AvgIpc) is 4.03. The number of likely N-dealkylation sites (tertiary alicyclic amines) is 1. The number of ether oxygens (including phenoxy) is 3. The van der Waals surface area contributed by atoms with E-state index in [1.165, 1.54) is 26.6 Å². The molecule has 3 N–H and O–H groups in total. The molecule has 3 heterocycles. The van der Waals surface area contributed by atoms with Crippen molar-refractivity contribution in [2.45, 2.75) is 75.4 Å². The Morgan fingerprint density at radius 2 is 1.83 bits per heavy atom. The summed E-state index contributed by atoms with van der Waals surface area (Å²) in [6.45, 7) is 9.49. The number of benzene rings is 1. The lowest BCUT2D eigenvalue weighted by Gasteiger charge is -2.34. The number of halogens is 1. The molecule has 2 aromatic heterocycles. The third-order valence-corrected chi connectivity index (χ3v) is 11.9. The van der Waals surface area contributed by atoms with Crippen LogP contribution < -0.4 is 29.6 Å². The van der Waals surface area contributed by atoms with Crippen LogP contribution in [0.1, 0.15) is 46.5 Å². The lowest BCUT2D eigenvalue weighted by molar-refractivity contribution is -0.136. The van der Waals surface area contributed by atoms with E-state index in [1.54, 1.807) is 41.3 Å². The fraction of sp³-hybridized carbons (Fsp3) is 0.472. The van der Waals surface area contributed by atoms with Crippen LogP contribution in [0.5, 0.6) is 17.5 Å². The van der Waals surface area contributed by atoms with E-state index >= 15 is 0 Å². The van der Waals surface area contributed by atoms with Crippen molar-refractivity contribution in [2.75, 3.05) is 26.1 Å². The van der Waals surface area contributed by atoms with Gasteiger partial charge < -0.3 is 19.5 Å². The maximum absolute atomic E-state index is 14.3. The minimum absolute atomic E-state index is 0.0434. The predicted molar refractivity (Wildman–Crippen MR) is 195 cm³/mol. The van der Waals surface area contributed by atoms with Gasteiger partial charge in [0.05, 0.1) is 43.6 Å². The van der Waals surface area contributed by atoms with Crippen LogP contribution in [0.15, 0.2) is 55.4 Å². The number of aromatic nitrogens is 2. The Labute approximate surface area is 307 Å². The number of rotatable bonds is 13. The molecule has 1 aliphatic heterocycles. The monoisotopic (exact) mass is 754 g/mol. The number of fused-ring (bicyclic) bond motifs is 1. The molecule has 1 aromatic carbocycles. The van der Waals surface area contributed by atoms with Gasteiger partial charge in [-0.1, -0.05) is 38.4 Å². The first kappa shape index (κ1) is 37.3. The van der Waals surface area contributed by atoms with Crippen LogP contribution in [0.25, 0.3) is 10.8 Å². The number of carbonyl (C=O) groups is 3. The van der Waals surface area contributed by atoms with Crippen molar-refractivity contribution in [1.82, 2.24) is 24.9 Å². The van der Waals surface area contributed by atoms with E-state index in [0.29, 0.717) is 46.0 Å². The summed E-state index contributed by atoms with van der Waals surface area (Å²) in [5.41, 5.74) is -1.53. The van der Waals surface area contributed by atoms with E-state index in [-0.39, 0.29) is 25.3 Å². The van der Waals surface area contributed by atoms with Crippen LogP contribution in [-0.4, -0.2) is 90.7 Å². The quantitative estimate of drug-likeness (QED) is 0.215. The second-order valence-corrected chi connectivity index (χ2v) is 16.9. The Balaban J connectivity index is 1.31. The van der Waals surface area contributed by atoms with E-state index in [0.717, 1.165) is 0 Å². The van der Waals surface area contributed by atoms with E-state index in [9.17, 15) is 22.8 Å². The molecule has 278 valence electrons. The van der Waals surface area contributed by atoms with Crippen molar-refractivity contribution in [2.24, 2.45) is 11.3 Å². The molecule has 5 atom stereocenters.